The van der Waals surface area contributed by atoms with E-state index in [0.29, 0.717) is 5.56 Å². The van der Waals surface area contributed by atoms with Gasteiger partial charge in [0.05, 0.1) is 11.6 Å². The fourth-order valence-corrected chi connectivity index (χ4v) is 2.95. The van der Waals surface area contributed by atoms with Gasteiger partial charge in [0, 0.05) is 11.1 Å². The van der Waals surface area contributed by atoms with Crippen LogP contribution in [0.3, 0.4) is 0 Å². The molecule has 22 heavy (non-hydrogen) atoms. The number of phenols is 1. The quantitative estimate of drug-likeness (QED) is 0.703. The summed E-state index contributed by atoms with van der Waals surface area (Å²) in [6, 6.07) is 19.5. The highest BCUT2D eigenvalue weighted by atomic mass is 16.3. The zero-order valence-corrected chi connectivity index (χ0v) is 12.7. The molecule has 0 saturated carbocycles. The molecule has 0 aliphatic heterocycles. The number of hydrogen-bond donors (Lipinski definition) is 1. The third-order valence-electron chi connectivity index (χ3n) is 4.00. The van der Waals surface area contributed by atoms with Crippen molar-refractivity contribution in [2.75, 3.05) is 0 Å². The van der Waals surface area contributed by atoms with E-state index in [1.807, 2.05) is 48.5 Å². The third kappa shape index (κ3) is 2.21. The Morgan fingerprint density at radius 3 is 2.41 bits per heavy atom. The Morgan fingerprint density at radius 1 is 0.909 bits per heavy atom. The van der Waals surface area contributed by atoms with Gasteiger partial charge in [0.15, 0.2) is 0 Å². The Morgan fingerprint density at radius 2 is 1.68 bits per heavy atom. The number of hydrogen-bond acceptors (Lipinski definition) is 2. The summed E-state index contributed by atoms with van der Waals surface area (Å²) in [4.78, 5) is 0. The zero-order valence-electron chi connectivity index (χ0n) is 12.7. The number of benzene rings is 3. The summed E-state index contributed by atoms with van der Waals surface area (Å²) >= 11 is 0. The Hall–Kier alpha value is -2.79. The second-order valence-electron chi connectivity index (χ2n) is 5.72. The van der Waals surface area contributed by atoms with Gasteiger partial charge >= 0.3 is 0 Å². The zero-order chi connectivity index (χ0) is 15.7. The summed E-state index contributed by atoms with van der Waals surface area (Å²) in [6.07, 6.45) is 0. The number of rotatable bonds is 2. The predicted molar refractivity (Wildman–Crippen MR) is 89.9 cm³/mol. The largest absolute Gasteiger partial charge is 0.507 e. The molecule has 0 unspecified atom stereocenters. The lowest BCUT2D eigenvalue weighted by atomic mass is 9.86. The molecule has 3 aromatic rings. The monoisotopic (exact) mass is 287 g/mol. The molecule has 0 saturated heterocycles. The van der Waals surface area contributed by atoms with Gasteiger partial charge in [0.2, 0.25) is 0 Å². The summed E-state index contributed by atoms with van der Waals surface area (Å²) in [6.45, 7) is 4.20. The van der Waals surface area contributed by atoms with Crippen LogP contribution in [0.2, 0.25) is 0 Å². The summed E-state index contributed by atoms with van der Waals surface area (Å²) in [5, 5.41) is 22.0. The van der Waals surface area contributed by atoms with Crippen LogP contribution in [0.5, 0.6) is 5.75 Å². The molecule has 2 nitrogen and oxygen atoms in total. The second-order valence-corrected chi connectivity index (χ2v) is 5.72. The number of phenolic OH excluding ortho intramolecular Hbond substituents is 1. The first-order valence-electron chi connectivity index (χ1n) is 7.37. The van der Waals surface area contributed by atoms with Crippen molar-refractivity contribution in [3.05, 3.63) is 65.7 Å². The number of fused-ring (bicyclic) bond motifs is 1. The minimum atomic E-state index is 0.211. The Balaban J connectivity index is 2.47. The summed E-state index contributed by atoms with van der Waals surface area (Å²) < 4.78 is 0. The van der Waals surface area contributed by atoms with Gasteiger partial charge in [-0.2, -0.15) is 5.26 Å². The Labute approximate surface area is 130 Å². The van der Waals surface area contributed by atoms with Gasteiger partial charge in [-0.1, -0.05) is 56.3 Å². The topological polar surface area (TPSA) is 44.0 Å². The molecule has 0 amide bonds. The molecule has 0 spiro atoms. The van der Waals surface area contributed by atoms with Gasteiger partial charge in [-0.15, -0.1) is 0 Å². The van der Waals surface area contributed by atoms with Crippen LogP contribution in [-0.2, 0) is 0 Å². The number of nitriles is 1. The molecule has 0 atom stereocenters. The molecule has 0 aromatic heterocycles. The van der Waals surface area contributed by atoms with Gasteiger partial charge in [0.1, 0.15) is 5.75 Å². The van der Waals surface area contributed by atoms with Gasteiger partial charge < -0.3 is 5.11 Å². The number of aromatic hydroxyl groups is 1. The van der Waals surface area contributed by atoms with Gasteiger partial charge in [-0.3, -0.25) is 0 Å². The Bertz CT molecular complexity index is 888. The molecular formula is C20H17NO. The summed E-state index contributed by atoms with van der Waals surface area (Å²) in [5.74, 6) is 0.477. The van der Waals surface area contributed by atoms with Crippen LogP contribution < -0.4 is 0 Å². The molecular weight excluding hydrogens is 270 g/mol. The Kier molecular flexibility index (Phi) is 3.56. The van der Waals surface area contributed by atoms with Crippen molar-refractivity contribution in [1.29, 1.82) is 5.26 Å². The molecule has 3 aromatic carbocycles. The lowest BCUT2D eigenvalue weighted by Gasteiger charge is -2.17. The SMILES string of the molecule is CC(C)c1cccc(C#N)c1-c1c(O)ccc2ccccc12. The lowest BCUT2D eigenvalue weighted by Crippen LogP contribution is -1.97. The highest BCUT2D eigenvalue weighted by Crippen LogP contribution is 2.41. The predicted octanol–water partition coefficient (Wildman–Crippen LogP) is 5.21. The van der Waals surface area contributed by atoms with Gasteiger partial charge in [-0.05, 0) is 34.4 Å². The number of nitrogens with zero attached hydrogens (tertiary/aromatic N) is 1. The van der Waals surface area contributed by atoms with E-state index in [0.717, 1.165) is 27.5 Å². The van der Waals surface area contributed by atoms with Crippen LogP contribution in [0.15, 0.2) is 54.6 Å². The van der Waals surface area contributed by atoms with Crippen molar-refractivity contribution in [1.82, 2.24) is 0 Å². The lowest BCUT2D eigenvalue weighted by molar-refractivity contribution is 0.478. The molecule has 0 bridgehead atoms. The first kappa shape index (κ1) is 14.2. The minimum absolute atomic E-state index is 0.211. The average Bonchev–Trinajstić information content (AvgIpc) is 2.54. The van der Waals surface area contributed by atoms with E-state index in [9.17, 15) is 10.4 Å². The van der Waals surface area contributed by atoms with Crippen LogP contribution in [0.1, 0.15) is 30.9 Å². The molecule has 2 heteroatoms. The normalized spacial score (nSPS) is 10.8. The molecule has 1 N–H and O–H groups in total. The minimum Gasteiger partial charge on any atom is -0.507 e. The van der Waals surface area contributed by atoms with Crippen molar-refractivity contribution in [3.63, 3.8) is 0 Å². The van der Waals surface area contributed by atoms with Crippen molar-refractivity contribution in [2.24, 2.45) is 0 Å². The standard InChI is InChI=1S/C20H17NO/c1-13(2)16-9-5-7-15(12-21)19(16)20-17-8-4-3-6-14(17)10-11-18(20)22/h3-11,13,22H,1-2H3. The van der Waals surface area contributed by atoms with Gasteiger partial charge in [0.25, 0.3) is 0 Å². The van der Waals surface area contributed by atoms with Crippen LogP contribution in [0.25, 0.3) is 21.9 Å². The first-order chi connectivity index (χ1) is 10.6. The van der Waals surface area contributed by atoms with E-state index in [-0.39, 0.29) is 11.7 Å². The summed E-state index contributed by atoms with van der Waals surface area (Å²) in [5.41, 5.74) is 3.26. The van der Waals surface area contributed by atoms with Crippen molar-refractivity contribution in [3.8, 4) is 22.9 Å². The molecule has 3 rings (SSSR count). The molecule has 0 heterocycles. The van der Waals surface area contributed by atoms with E-state index in [2.05, 4.69) is 19.9 Å². The van der Waals surface area contributed by atoms with Crippen LogP contribution in [0, 0.1) is 11.3 Å². The highest BCUT2D eigenvalue weighted by Gasteiger charge is 2.18. The molecule has 0 radical (unpaired) electrons. The van der Waals surface area contributed by atoms with Crippen LogP contribution in [-0.4, -0.2) is 5.11 Å². The van der Waals surface area contributed by atoms with Crippen molar-refractivity contribution in [2.45, 2.75) is 19.8 Å². The van der Waals surface area contributed by atoms with E-state index in [1.54, 1.807) is 6.07 Å². The molecule has 0 aliphatic rings. The summed E-state index contributed by atoms with van der Waals surface area (Å²) in [7, 11) is 0. The second kappa shape index (κ2) is 5.54. The van der Waals surface area contributed by atoms with Crippen molar-refractivity contribution >= 4 is 10.8 Å². The smallest absolute Gasteiger partial charge is 0.124 e. The molecule has 0 fully saturated rings. The van der Waals surface area contributed by atoms with E-state index in [4.69, 9.17) is 0 Å². The van der Waals surface area contributed by atoms with E-state index < -0.39 is 0 Å². The van der Waals surface area contributed by atoms with Crippen LogP contribution in [0.4, 0.5) is 0 Å². The fourth-order valence-electron chi connectivity index (χ4n) is 2.95. The fraction of sp³-hybridized carbons (Fsp3) is 0.150. The average molecular weight is 287 g/mol. The third-order valence-corrected chi connectivity index (χ3v) is 4.00. The first-order valence-corrected chi connectivity index (χ1v) is 7.37. The maximum absolute atomic E-state index is 10.5. The van der Waals surface area contributed by atoms with Crippen LogP contribution >= 0.6 is 0 Å². The van der Waals surface area contributed by atoms with Gasteiger partial charge in [-0.25, -0.2) is 0 Å². The van der Waals surface area contributed by atoms with E-state index in [1.165, 1.54) is 0 Å². The molecule has 108 valence electrons. The maximum Gasteiger partial charge on any atom is 0.124 e. The highest BCUT2D eigenvalue weighted by molar-refractivity contribution is 6.01. The maximum atomic E-state index is 10.5. The van der Waals surface area contributed by atoms with Crippen molar-refractivity contribution < 1.29 is 5.11 Å². The molecule has 0 aliphatic carbocycles. The van der Waals surface area contributed by atoms with E-state index >= 15 is 0 Å².